The van der Waals surface area contributed by atoms with Gasteiger partial charge in [-0.2, -0.15) is 0 Å². The van der Waals surface area contributed by atoms with Crippen LogP contribution in [0.15, 0.2) is 12.2 Å². The molecule has 0 aromatic heterocycles. The first-order chi connectivity index (χ1) is 8.04. The van der Waals surface area contributed by atoms with Gasteiger partial charge in [0.2, 0.25) is 0 Å². The average Bonchev–Trinajstić information content (AvgIpc) is 2.30. The molecule has 1 aliphatic carbocycles. The van der Waals surface area contributed by atoms with Gasteiger partial charge in [-0.25, -0.2) is 0 Å². The van der Waals surface area contributed by atoms with Gasteiger partial charge in [0.25, 0.3) is 0 Å². The Bertz CT molecular complexity index is 227. The summed E-state index contributed by atoms with van der Waals surface area (Å²) in [5, 5.41) is 0. The molecule has 0 bridgehead atoms. The topological polar surface area (TPSA) is 38.0 Å². The van der Waals surface area contributed by atoms with E-state index >= 15 is 0 Å². The van der Waals surface area contributed by atoms with Crippen molar-refractivity contribution in [3.63, 3.8) is 0 Å². The van der Waals surface area contributed by atoms with E-state index in [1.807, 2.05) is 0 Å². The summed E-state index contributed by atoms with van der Waals surface area (Å²) in [6.07, 6.45) is 7.69. The van der Waals surface area contributed by atoms with Gasteiger partial charge in [-0.05, 0) is 63.2 Å². The van der Waals surface area contributed by atoms with E-state index in [0.29, 0.717) is 6.04 Å². The first-order valence-corrected chi connectivity index (χ1v) is 7.15. The van der Waals surface area contributed by atoms with Gasteiger partial charge >= 0.3 is 0 Å². The summed E-state index contributed by atoms with van der Waals surface area (Å²) in [4.78, 5) is 0. The van der Waals surface area contributed by atoms with Gasteiger partial charge in [0.15, 0.2) is 0 Å². The number of allylic oxidation sites excluding steroid dienone is 1. The third kappa shape index (κ3) is 4.81. The summed E-state index contributed by atoms with van der Waals surface area (Å²) in [6, 6.07) is 0.486. The lowest BCUT2D eigenvalue weighted by Gasteiger charge is -2.35. The maximum atomic E-state index is 5.70. The molecule has 1 saturated carbocycles. The number of nitrogens with two attached hydrogens (primary N) is 1. The number of hydrazine groups is 1. The van der Waals surface area contributed by atoms with E-state index in [0.717, 1.165) is 30.6 Å². The van der Waals surface area contributed by atoms with Crippen LogP contribution in [0.2, 0.25) is 0 Å². The van der Waals surface area contributed by atoms with E-state index in [-0.39, 0.29) is 0 Å². The number of rotatable bonds is 6. The fraction of sp³-hybridized carbons (Fsp3) is 0.867. The molecular weight excluding hydrogens is 208 g/mol. The summed E-state index contributed by atoms with van der Waals surface area (Å²) >= 11 is 0. The van der Waals surface area contributed by atoms with Crippen molar-refractivity contribution >= 4 is 0 Å². The molecule has 1 fully saturated rings. The molecule has 100 valence electrons. The van der Waals surface area contributed by atoms with Crippen molar-refractivity contribution in [2.75, 3.05) is 0 Å². The minimum absolute atomic E-state index is 0.486. The van der Waals surface area contributed by atoms with Crippen LogP contribution in [0.1, 0.15) is 59.3 Å². The molecule has 0 radical (unpaired) electrons. The summed E-state index contributed by atoms with van der Waals surface area (Å²) in [5.41, 5.74) is 4.30. The monoisotopic (exact) mass is 238 g/mol. The van der Waals surface area contributed by atoms with Crippen molar-refractivity contribution in [1.29, 1.82) is 0 Å². The predicted molar refractivity (Wildman–Crippen MR) is 75.4 cm³/mol. The van der Waals surface area contributed by atoms with Crippen LogP contribution in [0.3, 0.4) is 0 Å². The Labute approximate surface area is 107 Å². The quantitative estimate of drug-likeness (QED) is 0.421. The second-order valence-corrected chi connectivity index (χ2v) is 6.19. The zero-order valence-electron chi connectivity index (χ0n) is 11.8. The highest BCUT2D eigenvalue weighted by Gasteiger charge is 2.27. The predicted octanol–water partition coefficient (Wildman–Crippen LogP) is 3.64. The van der Waals surface area contributed by atoms with Gasteiger partial charge < -0.3 is 0 Å². The molecule has 0 spiro atoms. The molecule has 0 aromatic rings. The van der Waals surface area contributed by atoms with Crippen molar-refractivity contribution in [3.8, 4) is 0 Å². The molecule has 0 amide bonds. The normalized spacial score (nSPS) is 27.1. The highest BCUT2D eigenvalue weighted by molar-refractivity contribution is 4.91. The van der Waals surface area contributed by atoms with Crippen LogP contribution in [0, 0.1) is 17.8 Å². The summed E-state index contributed by atoms with van der Waals surface area (Å²) in [7, 11) is 0. The van der Waals surface area contributed by atoms with E-state index in [9.17, 15) is 0 Å². The zero-order valence-corrected chi connectivity index (χ0v) is 11.8. The van der Waals surface area contributed by atoms with E-state index in [4.69, 9.17) is 5.84 Å². The fourth-order valence-corrected chi connectivity index (χ4v) is 3.07. The van der Waals surface area contributed by atoms with E-state index in [2.05, 4.69) is 32.8 Å². The Morgan fingerprint density at radius 1 is 1.24 bits per heavy atom. The minimum Gasteiger partial charge on any atom is -0.271 e. The Morgan fingerprint density at radius 3 is 2.18 bits per heavy atom. The lowest BCUT2D eigenvalue weighted by molar-refractivity contribution is 0.184. The SMILES string of the molecule is C=C(C)CCC(NN)C1CCC(C(C)C)CC1. The zero-order chi connectivity index (χ0) is 12.8. The molecule has 0 aliphatic heterocycles. The standard InChI is InChI=1S/C15H30N2/c1-11(2)5-10-15(17-16)14-8-6-13(7-9-14)12(3)4/h12-15,17H,1,5-10,16H2,2-4H3. The smallest absolute Gasteiger partial charge is 0.0241 e. The molecule has 1 rings (SSSR count). The molecule has 2 nitrogen and oxygen atoms in total. The summed E-state index contributed by atoms with van der Waals surface area (Å²) < 4.78 is 0. The lowest BCUT2D eigenvalue weighted by Crippen LogP contribution is -2.42. The van der Waals surface area contributed by atoms with Crippen LogP contribution in [-0.2, 0) is 0 Å². The Balaban J connectivity index is 2.36. The van der Waals surface area contributed by atoms with Crippen LogP contribution in [0.5, 0.6) is 0 Å². The third-order valence-corrected chi connectivity index (χ3v) is 4.42. The molecule has 17 heavy (non-hydrogen) atoms. The third-order valence-electron chi connectivity index (χ3n) is 4.42. The van der Waals surface area contributed by atoms with Gasteiger partial charge in [-0.1, -0.05) is 19.4 Å². The number of hydrogen-bond acceptors (Lipinski definition) is 2. The van der Waals surface area contributed by atoms with Gasteiger partial charge in [-0.15, -0.1) is 6.58 Å². The molecule has 1 atom stereocenters. The largest absolute Gasteiger partial charge is 0.271 e. The Morgan fingerprint density at radius 2 is 1.76 bits per heavy atom. The van der Waals surface area contributed by atoms with E-state index in [1.54, 1.807) is 0 Å². The van der Waals surface area contributed by atoms with Crippen LogP contribution < -0.4 is 11.3 Å². The van der Waals surface area contributed by atoms with Crippen molar-refractivity contribution < 1.29 is 0 Å². The fourth-order valence-electron chi connectivity index (χ4n) is 3.07. The second-order valence-electron chi connectivity index (χ2n) is 6.19. The molecule has 0 heterocycles. The highest BCUT2D eigenvalue weighted by atomic mass is 15.2. The number of nitrogens with one attached hydrogen (secondary N) is 1. The van der Waals surface area contributed by atoms with Crippen molar-refractivity contribution in [1.82, 2.24) is 5.43 Å². The maximum Gasteiger partial charge on any atom is 0.0241 e. The molecule has 1 unspecified atom stereocenters. The van der Waals surface area contributed by atoms with Crippen LogP contribution in [-0.4, -0.2) is 6.04 Å². The summed E-state index contributed by atoms with van der Waals surface area (Å²) in [5.74, 6) is 8.26. The second kappa shape index (κ2) is 7.17. The first kappa shape index (κ1) is 14.7. The Hall–Kier alpha value is -0.340. The Kier molecular flexibility index (Phi) is 6.21. The molecule has 2 heteroatoms. The molecule has 0 saturated heterocycles. The molecule has 0 aromatic carbocycles. The van der Waals surface area contributed by atoms with Gasteiger partial charge in [0.1, 0.15) is 0 Å². The van der Waals surface area contributed by atoms with E-state index < -0.39 is 0 Å². The van der Waals surface area contributed by atoms with Crippen LogP contribution >= 0.6 is 0 Å². The molecule has 3 N–H and O–H groups in total. The molecule has 1 aliphatic rings. The van der Waals surface area contributed by atoms with Crippen LogP contribution in [0.25, 0.3) is 0 Å². The minimum atomic E-state index is 0.486. The number of hydrogen-bond donors (Lipinski definition) is 2. The average molecular weight is 238 g/mol. The van der Waals surface area contributed by atoms with Gasteiger partial charge in [0, 0.05) is 6.04 Å². The maximum absolute atomic E-state index is 5.70. The van der Waals surface area contributed by atoms with Crippen LogP contribution in [0.4, 0.5) is 0 Å². The lowest BCUT2D eigenvalue weighted by atomic mass is 9.74. The van der Waals surface area contributed by atoms with Crippen molar-refractivity contribution in [2.45, 2.75) is 65.3 Å². The summed E-state index contributed by atoms with van der Waals surface area (Å²) in [6.45, 7) is 10.8. The van der Waals surface area contributed by atoms with Crippen molar-refractivity contribution in [3.05, 3.63) is 12.2 Å². The van der Waals surface area contributed by atoms with E-state index in [1.165, 1.54) is 31.3 Å². The highest BCUT2D eigenvalue weighted by Crippen LogP contribution is 2.35. The molecular formula is C15H30N2. The van der Waals surface area contributed by atoms with Crippen molar-refractivity contribution in [2.24, 2.45) is 23.6 Å². The van der Waals surface area contributed by atoms with Gasteiger partial charge in [0.05, 0.1) is 0 Å². The van der Waals surface area contributed by atoms with Gasteiger partial charge in [-0.3, -0.25) is 11.3 Å². The first-order valence-electron chi connectivity index (χ1n) is 7.15.